The highest BCUT2D eigenvalue weighted by Gasteiger charge is 2.33. The molecular formula is C13H20N3O3S+. The fraction of sp³-hybridized carbons (Fsp3) is 0.462. The van der Waals surface area contributed by atoms with E-state index < -0.39 is 10.0 Å². The lowest BCUT2D eigenvalue weighted by atomic mass is 10.2. The number of nitrogens with zero attached hydrogens (tertiary/aromatic N) is 1. The minimum atomic E-state index is -3.43. The van der Waals surface area contributed by atoms with Crippen LogP contribution in [0.3, 0.4) is 0 Å². The molecule has 1 aliphatic rings. The molecule has 1 atom stereocenters. The van der Waals surface area contributed by atoms with Gasteiger partial charge in [-0.25, -0.2) is 8.42 Å². The maximum absolute atomic E-state index is 12.4. The molecule has 0 saturated carbocycles. The number of carbonyl (C=O) groups excluding carboxylic acids is 1. The number of nitrogens with one attached hydrogen (secondary N) is 1. The predicted octanol–water partition coefficient (Wildman–Crippen LogP) is -1.55. The molecule has 1 aliphatic heterocycles. The van der Waals surface area contributed by atoms with Gasteiger partial charge in [0.25, 0.3) is 5.91 Å². The van der Waals surface area contributed by atoms with Crippen molar-refractivity contribution in [1.82, 2.24) is 4.31 Å². The summed E-state index contributed by atoms with van der Waals surface area (Å²) in [6.45, 7) is 3.78. The van der Waals surface area contributed by atoms with Gasteiger partial charge in [-0.3, -0.25) is 4.79 Å². The van der Waals surface area contributed by atoms with Gasteiger partial charge in [0.05, 0.1) is 31.1 Å². The topological polar surface area (TPSA) is 84.9 Å². The molecule has 110 valence electrons. The molecular weight excluding hydrogens is 278 g/mol. The first-order valence-corrected chi connectivity index (χ1v) is 8.06. The van der Waals surface area contributed by atoms with Gasteiger partial charge in [-0.1, -0.05) is 18.2 Å². The van der Waals surface area contributed by atoms with Crippen molar-refractivity contribution in [3.63, 3.8) is 0 Å². The van der Waals surface area contributed by atoms with E-state index in [4.69, 9.17) is 5.73 Å². The average molecular weight is 298 g/mol. The second-order valence-electron chi connectivity index (χ2n) is 5.00. The Kier molecular flexibility index (Phi) is 4.42. The average Bonchev–Trinajstić information content (AvgIpc) is 2.47. The van der Waals surface area contributed by atoms with Gasteiger partial charge in [-0.2, -0.15) is 4.31 Å². The molecule has 0 unspecified atom stereocenters. The largest absolute Gasteiger partial charge is 0.365 e. The summed E-state index contributed by atoms with van der Waals surface area (Å²) < 4.78 is 26.3. The third kappa shape index (κ3) is 3.00. The van der Waals surface area contributed by atoms with E-state index in [1.807, 2.05) is 0 Å². The molecule has 0 bridgehead atoms. The summed E-state index contributed by atoms with van der Waals surface area (Å²) in [7, 11) is -3.43. The number of amides is 1. The van der Waals surface area contributed by atoms with Gasteiger partial charge in [-0.05, 0) is 19.1 Å². The summed E-state index contributed by atoms with van der Waals surface area (Å²) in [5.41, 5.74) is 5.29. The summed E-state index contributed by atoms with van der Waals surface area (Å²) in [6, 6.07) is 8.13. The van der Waals surface area contributed by atoms with Gasteiger partial charge < -0.3 is 10.6 Å². The number of hydrogen-bond donors (Lipinski definition) is 2. The van der Waals surface area contributed by atoms with Gasteiger partial charge >= 0.3 is 0 Å². The van der Waals surface area contributed by atoms with Crippen LogP contribution in [0.5, 0.6) is 0 Å². The zero-order valence-corrected chi connectivity index (χ0v) is 12.3. The number of primary amides is 1. The number of sulfonamides is 1. The van der Waals surface area contributed by atoms with Crippen molar-refractivity contribution in [2.45, 2.75) is 17.9 Å². The van der Waals surface area contributed by atoms with E-state index >= 15 is 0 Å². The first-order valence-electron chi connectivity index (χ1n) is 6.62. The van der Waals surface area contributed by atoms with Crippen molar-refractivity contribution in [2.75, 3.05) is 26.2 Å². The first kappa shape index (κ1) is 15.0. The number of rotatable bonds is 4. The van der Waals surface area contributed by atoms with Crippen LogP contribution in [-0.2, 0) is 14.8 Å². The van der Waals surface area contributed by atoms with Crippen LogP contribution < -0.4 is 10.6 Å². The number of benzene rings is 1. The van der Waals surface area contributed by atoms with Crippen molar-refractivity contribution in [3.8, 4) is 0 Å². The second-order valence-corrected chi connectivity index (χ2v) is 6.94. The summed E-state index contributed by atoms with van der Waals surface area (Å²) in [5, 5.41) is 0. The Hall–Kier alpha value is -1.44. The highest BCUT2D eigenvalue weighted by molar-refractivity contribution is 7.89. The lowest BCUT2D eigenvalue weighted by Crippen LogP contribution is -3.19. The molecule has 1 amide bonds. The Morgan fingerprint density at radius 1 is 1.25 bits per heavy atom. The maximum Gasteiger partial charge on any atom is 0.275 e. The van der Waals surface area contributed by atoms with E-state index in [0.29, 0.717) is 31.1 Å². The smallest absolute Gasteiger partial charge is 0.275 e. The van der Waals surface area contributed by atoms with Gasteiger partial charge in [0.1, 0.15) is 0 Å². The SMILES string of the molecule is C[C@@H](C(N)=O)[NH+]1CCN(S(=O)(=O)c2ccccc2)CC1. The van der Waals surface area contributed by atoms with Crippen molar-refractivity contribution in [1.29, 1.82) is 0 Å². The molecule has 1 heterocycles. The lowest BCUT2D eigenvalue weighted by molar-refractivity contribution is -0.917. The van der Waals surface area contributed by atoms with Gasteiger partial charge in [0.2, 0.25) is 10.0 Å². The zero-order chi connectivity index (χ0) is 14.8. The van der Waals surface area contributed by atoms with Crippen LogP contribution in [0, 0.1) is 0 Å². The second kappa shape index (κ2) is 5.90. The highest BCUT2D eigenvalue weighted by Crippen LogP contribution is 2.14. The summed E-state index contributed by atoms with van der Waals surface area (Å²) >= 11 is 0. The molecule has 0 radical (unpaired) electrons. The van der Waals surface area contributed by atoms with Crippen LogP contribution in [-0.4, -0.2) is 50.9 Å². The van der Waals surface area contributed by atoms with E-state index in [1.165, 1.54) is 4.31 Å². The van der Waals surface area contributed by atoms with Crippen LogP contribution >= 0.6 is 0 Å². The number of carbonyl (C=O) groups is 1. The molecule has 20 heavy (non-hydrogen) atoms. The van der Waals surface area contributed by atoms with E-state index in [0.717, 1.165) is 4.90 Å². The number of quaternary nitrogens is 1. The molecule has 2 rings (SSSR count). The molecule has 1 fully saturated rings. The molecule has 0 aromatic heterocycles. The first-order chi connectivity index (χ1) is 9.43. The van der Waals surface area contributed by atoms with Gasteiger partial charge in [0.15, 0.2) is 6.04 Å². The van der Waals surface area contributed by atoms with E-state index in [2.05, 4.69) is 0 Å². The van der Waals surface area contributed by atoms with Crippen LogP contribution in [0.1, 0.15) is 6.92 Å². The minimum Gasteiger partial charge on any atom is -0.365 e. The Morgan fingerprint density at radius 3 is 2.30 bits per heavy atom. The third-order valence-electron chi connectivity index (χ3n) is 3.78. The Morgan fingerprint density at radius 2 is 1.80 bits per heavy atom. The van der Waals surface area contributed by atoms with E-state index in [9.17, 15) is 13.2 Å². The van der Waals surface area contributed by atoms with Crippen LogP contribution in [0.15, 0.2) is 35.2 Å². The molecule has 1 saturated heterocycles. The number of piperazine rings is 1. The predicted molar refractivity (Wildman–Crippen MR) is 74.6 cm³/mol. The Labute approximate surface area is 119 Å². The van der Waals surface area contributed by atoms with Crippen LogP contribution in [0.2, 0.25) is 0 Å². The standard InChI is InChI=1S/C13H19N3O3S/c1-11(13(14)17)15-7-9-16(10-8-15)20(18,19)12-5-3-2-4-6-12/h2-6,11H,7-10H2,1H3,(H2,14,17)/p+1/t11-/m0/s1. The fourth-order valence-electron chi connectivity index (χ4n) is 2.39. The number of nitrogens with two attached hydrogens (primary N) is 1. The summed E-state index contributed by atoms with van der Waals surface area (Å²) in [5.74, 6) is -0.348. The Balaban J connectivity index is 2.06. The third-order valence-corrected chi connectivity index (χ3v) is 5.70. The molecule has 1 aromatic carbocycles. The van der Waals surface area contributed by atoms with Crippen molar-refractivity contribution < 1.29 is 18.1 Å². The molecule has 1 aromatic rings. The highest BCUT2D eigenvalue weighted by atomic mass is 32.2. The Bertz CT molecular complexity index is 566. The molecule has 3 N–H and O–H groups in total. The van der Waals surface area contributed by atoms with Gasteiger partial charge in [-0.15, -0.1) is 0 Å². The normalized spacial score (nSPS) is 19.6. The molecule has 0 aliphatic carbocycles. The van der Waals surface area contributed by atoms with E-state index in [-0.39, 0.29) is 11.9 Å². The molecule has 7 heteroatoms. The van der Waals surface area contributed by atoms with Crippen LogP contribution in [0.25, 0.3) is 0 Å². The van der Waals surface area contributed by atoms with Crippen molar-refractivity contribution >= 4 is 15.9 Å². The maximum atomic E-state index is 12.4. The quantitative estimate of drug-likeness (QED) is 0.706. The fourth-order valence-corrected chi connectivity index (χ4v) is 3.85. The molecule has 0 spiro atoms. The van der Waals surface area contributed by atoms with Crippen molar-refractivity contribution in [3.05, 3.63) is 30.3 Å². The summed E-state index contributed by atoms with van der Waals surface area (Å²) in [6.07, 6.45) is 0. The van der Waals surface area contributed by atoms with Crippen molar-refractivity contribution in [2.24, 2.45) is 5.73 Å². The monoisotopic (exact) mass is 298 g/mol. The van der Waals surface area contributed by atoms with E-state index in [1.54, 1.807) is 37.3 Å². The van der Waals surface area contributed by atoms with Crippen LogP contribution in [0.4, 0.5) is 0 Å². The van der Waals surface area contributed by atoms with Gasteiger partial charge in [0, 0.05) is 0 Å². The number of hydrogen-bond acceptors (Lipinski definition) is 3. The molecule has 6 nitrogen and oxygen atoms in total. The lowest BCUT2D eigenvalue weighted by Gasteiger charge is -2.33. The minimum absolute atomic E-state index is 0.281. The summed E-state index contributed by atoms with van der Waals surface area (Å²) in [4.78, 5) is 12.5. The zero-order valence-electron chi connectivity index (χ0n) is 11.5.